The van der Waals surface area contributed by atoms with E-state index in [1.54, 1.807) is 0 Å². The second-order valence-corrected chi connectivity index (χ2v) is 6.80. The highest BCUT2D eigenvalue weighted by Gasteiger charge is 2.16. The first kappa shape index (κ1) is 14.7. The number of H-pyrrole nitrogens is 1. The lowest BCUT2D eigenvalue weighted by Gasteiger charge is -2.22. The van der Waals surface area contributed by atoms with Gasteiger partial charge in [-0.3, -0.25) is 4.79 Å². The molecule has 2 N–H and O–H groups in total. The zero-order chi connectivity index (χ0) is 14.7. The Bertz CT molecular complexity index is 637. The molecule has 1 fully saturated rings. The maximum absolute atomic E-state index is 12.0. The summed E-state index contributed by atoms with van der Waals surface area (Å²) in [5, 5.41) is 4.54. The van der Waals surface area contributed by atoms with E-state index < -0.39 is 0 Å². The number of halogens is 1. The number of rotatable bonds is 4. The van der Waals surface area contributed by atoms with E-state index in [1.165, 1.54) is 31.0 Å². The number of thioether (sulfide) groups is 1. The Hall–Kier alpha value is -1.20. The molecule has 112 valence electrons. The third-order valence-electron chi connectivity index (χ3n) is 3.73. The van der Waals surface area contributed by atoms with Crippen molar-refractivity contribution in [3.8, 4) is 0 Å². The van der Waals surface area contributed by atoms with Crippen molar-refractivity contribution in [2.24, 2.45) is 0 Å². The van der Waals surface area contributed by atoms with E-state index >= 15 is 0 Å². The Kier molecular flexibility index (Phi) is 4.70. The van der Waals surface area contributed by atoms with Crippen molar-refractivity contribution in [1.82, 2.24) is 15.3 Å². The molecule has 2 aromatic rings. The number of benzene rings is 1. The number of carbonyl (C=O) groups excluding carboxylic acids is 1. The zero-order valence-electron chi connectivity index (χ0n) is 11.7. The first-order valence-electron chi connectivity index (χ1n) is 7.28. The quantitative estimate of drug-likeness (QED) is 0.842. The van der Waals surface area contributed by atoms with Gasteiger partial charge in [0.25, 0.3) is 0 Å². The van der Waals surface area contributed by atoms with Crippen LogP contribution in [-0.2, 0) is 4.79 Å². The monoisotopic (exact) mass is 323 g/mol. The van der Waals surface area contributed by atoms with Gasteiger partial charge in [0.1, 0.15) is 0 Å². The van der Waals surface area contributed by atoms with Crippen LogP contribution in [0.3, 0.4) is 0 Å². The number of aromatic nitrogens is 2. The number of hydrogen-bond donors (Lipinski definition) is 2. The zero-order valence-corrected chi connectivity index (χ0v) is 13.3. The van der Waals surface area contributed by atoms with Gasteiger partial charge in [0, 0.05) is 11.1 Å². The average Bonchev–Trinajstić information content (AvgIpc) is 2.88. The standard InChI is InChI=1S/C15H18ClN3OS/c16-10-6-7-12-13(8-10)19-15(18-12)21-9-14(20)17-11-4-2-1-3-5-11/h6-8,11H,1-5,9H2,(H,17,20)(H,18,19). The first-order chi connectivity index (χ1) is 10.2. The Balaban J connectivity index is 1.54. The molecule has 0 atom stereocenters. The Morgan fingerprint density at radius 3 is 3.00 bits per heavy atom. The number of imidazole rings is 1. The fourth-order valence-corrected chi connectivity index (χ4v) is 3.55. The van der Waals surface area contributed by atoms with Crippen molar-refractivity contribution < 1.29 is 4.79 Å². The van der Waals surface area contributed by atoms with E-state index in [0.29, 0.717) is 16.8 Å². The van der Waals surface area contributed by atoms with Crippen LogP contribution in [0.15, 0.2) is 23.4 Å². The first-order valence-corrected chi connectivity index (χ1v) is 8.64. The number of fused-ring (bicyclic) bond motifs is 1. The predicted octanol–water partition coefficient (Wildman–Crippen LogP) is 3.76. The van der Waals surface area contributed by atoms with Gasteiger partial charge in [-0.15, -0.1) is 0 Å². The molecule has 1 heterocycles. The average molecular weight is 324 g/mol. The highest BCUT2D eigenvalue weighted by atomic mass is 35.5. The number of amides is 1. The van der Waals surface area contributed by atoms with Gasteiger partial charge >= 0.3 is 0 Å². The van der Waals surface area contributed by atoms with Gasteiger partial charge < -0.3 is 10.3 Å². The van der Waals surface area contributed by atoms with Crippen molar-refractivity contribution in [2.45, 2.75) is 43.3 Å². The number of hydrogen-bond acceptors (Lipinski definition) is 3. The van der Waals surface area contributed by atoms with Gasteiger partial charge in [0.15, 0.2) is 5.16 Å². The Morgan fingerprint density at radius 2 is 2.19 bits per heavy atom. The molecule has 0 aliphatic heterocycles. The molecule has 1 aliphatic rings. The predicted molar refractivity (Wildman–Crippen MR) is 86.8 cm³/mol. The summed E-state index contributed by atoms with van der Waals surface area (Å²) < 4.78 is 0. The molecular formula is C15H18ClN3OS. The van der Waals surface area contributed by atoms with Crippen LogP contribution in [0.25, 0.3) is 11.0 Å². The van der Waals surface area contributed by atoms with Gasteiger partial charge in [0.05, 0.1) is 16.8 Å². The number of aromatic amines is 1. The summed E-state index contributed by atoms with van der Waals surface area (Å²) in [5.74, 6) is 0.481. The minimum Gasteiger partial charge on any atom is -0.353 e. The summed E-state index contributed by atoms with van der Waals surface area (Å²) in [4.78, 5) is 19.6. The minimum atomic E-state index is 0.0883. The lowest BCUT2D eigenvalue weighted by molar-refractivity contribution is -0.119. The van der Waals surface area contributed by atoms with Crippen molar-refractivity contribution in [1.29, 1.82) is 0 Å². The second kappa shape index (κ2) is 6.71. The third kappa shape index (κ3) is 3.92. The summed E-state index contributed by atoms with van der Waals surface area (Å²) in [5.41, 5.74) is 1.77. The van der Waals surface area contributed by atoms with Crippen LogP contribution in [0.4, 0.5) is 0 Å². The molecule has 0 spiro atoms. The van der Waals surface area contributed by atoms with Crippen molar-refractivity contribution in [3.63, 3.8) is 0 Å². The van der Waals surface area contributed by atoms with Crippen LogP contribution in [-0.4, -0.2) is 27.7 Å². The number of nitrogens with zero attached hydrogens (tertiary/aromatic N) is 1. The summed E-state index contributed by atoms with van der Waals surface area (Å²) in [6.07, 6.45) is 5.96. The van der Waals surface area contributed by atoms with Gasteiger partial charge in [-0.25, -0.2) is 4.98 Å². The minimum absolute atomic E-state index is 0.0883. The number of carbonyl (C=O) groups is 1. The Morgan fingerprint density at radius 1 is 1.38 bits per heavy atom. The fraction of sp³-hybridized carbons (Fsp3) is 0.467. The summed E-state index contributed by atoms with van der Waals surface area (Å²) >= 11 is 7.37. The molecule has 1 amide bonds. The van der Waals surface area contributed by atoms with Crippen LogP contribution in [0.1, 0.15) is 32.1 Å². The number of nitrogens with one attached hydrogen (secondary N) is 2. The topological polar surface area (TPSA) is 57.8 Å². The van der Waals surface area contributed by atoms with E-state index in [4.69, 9.17) is 11.6 Å². The molecule has 4 nitrogen and oxygen atoms in total. The van der Waals surface area contributed by atoms with Crippen LogP contribution < -0.4 is 5.32 Å². The molecule has 0 unspecified atom stereocenters. The molecular weight excluding hydrogens is 306 g/mol. The molecule has 1 aromatic carbocycles. The van der Waals surface area contributed by atoms with E-state index in [0.717, 1.165) is 29.0 Å². The third-order valence-corrected chi connectivity index (χ3v) is 4.84. The lowest BCUT2D eigenvalue weighted by Crippen LogP contribution is -2.37. The molecule has 1 aliphatic carbocycles. The van der Waals surface area contributed by atoms with Gasteiger partial charge in [-0.1, -0.05) is 42.6 Å². The molecule has 1 aromatic heterocycles. The SMILES string of the molecule is O=C(CSc1nc2ccc(Cl)cc2[nH]1)NC1CCCCC1. The lowest BCUT2D eigenvalue weighted by atomic mass is 9.95. The van der Waals surface area contributed by atoms with E-state index in [9.17, 15) is 4.79 Å². The van der Waals surface area contributed by atoms with Crippen molar-refractivity contribution >= 4 is 40.3 Å². The van der Waals surface area contributed by atoms with Crippen LogP contribution in [0.5, 0.6) is 0 Å². The second-order valence-electron chi connectivity index (χ2n) is 5.39. The smallest absolute Gasteiger partial charge is 0.230 e. The normalized spacial score (nSPS) is 16.2. The van der Waals surface area contributed by atoms with Crippen molar-refractivity contribution in [3.05, 3.63) is 23.2 Å². The summed E-state index contributed by atoms with van der Waals surface area (Å²) in [7, 11) is 0. The largest absolute Gasteiger partial charge is 0.353 e. The molecule has 0 bridgehead atoms. The van der Waals surface area contributed by atoms with Crippen LogP contribution >= 0.6 is 23.4 Å². The molecule has 0 saturated heterocycles. The van der Waals surface area contributed by atoms with Crippen molar-refractivity contribution in [2.75, 3.05) is 5.75 Å². The van der Waals surface area contributed by atoms with Gasteiger partial charge in [-0.05, 0) is 31.0 Å². The molecule has 1 saturated carbocycles. The molecule has 21 heavy (non-hydrogen) atoms. The van der Waals surface area contributed by atoms with Gasteiger partial charge in [-0.2, -0.15) is 0 Å². The van der Waals surface area contributed by atoms with E-state index in [2.05, 4.69) is 15.3 Å². The molecule has 3 rings (SSSR count). The molecule has 6 heteroatoms. The highest BCUT2D eigenvalue weighted by Crippen LogP contribution is 2.22. The van der Waals surface area contributed by atoms with Crippen LogP contribution in [0.2, 0.25) is 5.02 Å². The molecule has 0 radical (unpaired) electrons. The summed E-state index contributed by atoms with van der Waals surface area (Å²) in [6.45, 7) is 0. The summed E-state index contributed by atoms with van der Waals surface area (Å²) in [6, 6.07) is 5.90. The Labute approximate surface area is 133 Å². The maximum atomic E-state index is 12.0. The maximum Gasteiger partial charge on any atom is 0.230 e. The fourth-order valence-electron chi connectivity index (χ4n) is 2.68. The highest BCUT2D eigenvalue weighted by molar-refractivity contribution is 7.99. The van der Waals surface area contributed by atoms with Crippen LogP contribution in [0, 0.1) is 0 Å². The van der Waals surface area contributed by atoms with Gasteiger partial charge in [0.2, 0.25) is 5.91 Å². The van der Waals surface area contributed by atoms with E-state index in [1.807, 2.05) is 18.2 Å². The van der Waals surface area contributed by atoms with E-state index in [-0.39, 0.29) is 5.91 Å².